The van der Waals surface area contributed by atoms with Crippen molar-refractivity contribution in [1.29, 1.82) is 0 Å². The van der Waals surface area contributed by atoms with Crippen molar-refractivity contribution in [3.05, 3.63) is 36.2 Å². The molecule has 0 radical (unpaired) electrons. The first-order valence-corrected chi connectivity index (χ1v) is 6.83. The highest BCUT2D eigenvalue weighted by molar-refractivity contribution is 5.90. The van der Waals surface area contributed by atoms with Crippen LogP contribution in [0.1, 0.15) is 19.0 Å². The van der Waals surface area contributed by atoms with Crippen molar-refractivity contribution < 1.29 is 9.53 Å². The van der Waals surface area contributed by atoms with Crippen molar-refractivity contribution in [1.82, 2.24) is 15.0 Å². The van der Waals surface area contributed by atoms with Crippen LogP contribution < -0.4 is 15.8 Å². The number of aromatic nitrogens is 3. The summed E-state index contributed by atoms with van der Waals surface area (Å²) in [7, 11) is 0. The number of hydrogen-bond acceptors (Lipinski definition) is 5. The van der Waals surface area contributed by atoms with E-state index in [1.807, 2.05) is 12.1 Å². The molecule has 0 saturated carbocycles. The fourth-order valence-electron chi connectivity index (χ4n) is 1.71. The SMILES string of the molecule is CCCOc1ccc(NC(=O)Cn2cc(CN)nn2)cc1. The van der Waals surface area contributed by atoms with Gasteiger partial charge in [0.15, 0.2) is 0 Å². The Labute approximate surface area is 123 Å². The molecule has 0 spiro atoms. The predicted molar refractivity (Wildman–Crippen MR) is 78.8 cm³/mol. The Morgan fingerprint density at radius 2 is 2.14 bits per heavy atom. The van der Waals surface area contributed by atoms with Gasteiger partial charge in [-0.25, -0.2) is 4.68 Å². The number of nitrogens with two attached hydrogens (primary N) is 1. The minimum Gasteiger partial charge on any atom is -0.494 e. The Kier molecular flexibility index (Phi) is 5.28. The van der Waals surface area contributed by atoms with Gasteiger partial charge in [-0.2, -0.15) is 0 Å². The molecule has 1 aromatic heterocycles. The maximum absolute atomic E-state index is 11.9. The molecular weight excluding hydrogens is 270 g/mol. The molecule has 0 aliphatic rings. The Morgan fingerprint density at radius 3 is 2.76 bits per heavy atom. The molecule has 1 heterocycles. The number of anilines is 1. The number of ether oxygens (including phenoxy) is 1. The highest BCUT2D eigenvalue weighted by Crippen LogP contribution is 2.15. The second-order valence-corrected chi connectivity index (χ2v) is 4.53. The summed E-state index contributed by atoms with van der Waals surface area (Å²) in [6, 6.07) is 7.26. The zero-order valence-corrected chi connectivity index (χ0v) is 12.0. The van der Waals surface area contributed by atoms with Crippen LogP contribution in [0.25, 0.3) is 0 Å². The van der Waals surface area contributed by atoms with Crippen LogP contribution in [-0.4, -0.2) is 27.5 Å². The molecule has 1 aromatic carbocycles. The Hall–Kier alpha value is -2.41. The molecule has 21 heavy (non-hydrogen) atoms. The third-order valence-electron chi connectivity index (χ3n) is 2.71. The number of carbonyl (C=O) groups excluding carboxylic acids is 1. The van der Waals surface area contributed by atoms with Gasteiger partial charge in [-0.05, 0) is 30.7 Å². The molecule has 1 amide bonds. The van der Waals surface area contributed by atoms with Crippen LogP contribution in [0.2, 0.25) is 0 Å². The number of nitrogens with zero attached hydrogens (tertiary/aromatic N) is 3. The lowest BCUT2D eigenvalue weighted by atomic mass is 10.3. The van der Waals surface area contributed by atoms with Gasteiger partial charge in [-0.15, -0.1) is 5.10 Å². The van der Waals surface area contributed by atoms with Crippen LogP contribution in [0.4, 0.5) is 5.69 Å². The normalized spacial score (nSPS) is 10.4. The van der Waals surface area contributed by atoms with E-state index in [-0.39, 0.29) is 12.5 Å². The molecule has 112 valence electrons. The fourth-order valence-corrected chi connectivity index (χ4v) is 1.71. The van der Waals surface area contributed by atoms with E-state index in [0.717, 1.165) is 12.2 Å². The summed E-state index contributed by atoms with van der Waals surface area (Å²) >= 11 is 0. The number of nitrogens with one attached hydrogen (secondary N) is 1. The molecule has 0 atom stereocenters. The summed E-state index contributed by atoms with van der Waals surface area (Å²) in [5.41, 5.74) is 6.80. The summed E-state index contributed by atoms with van der Waals surface area (Å²) < 4.78 is 6.93. The van der Waals surface area contributed by atoms with E-state index in [2.05, 4.69) is 22.6 Å². The topological polar surface area (TPSA) is 95.1 Å². The highest BCUT2D eigenvalue weighted by Gasteiger charge is 2.06. The summed E-state index contributed by atoms with van der Waals surface area (Å²) in [6.07, 6.45) is 2.61. The van der Waals surface area contributed by atoms with E-state index in [4.69, 9.17) is 10.5 Å². The first-order chi connectivity index (χ1) is 10.2. The minimum absolute atomic E-state index is 0.0983. The molecule has 0 aliphatic carbocycles. The molecule has 0 saturated heterocycles. The molecule has 0 unspecified atom stereocenters. The van der Waals surface area contributed by atoms with Gasteiger partial charge < -0.3 is 15.8 Å². The average molecular weight is 289 g/mol. The largest absolute Gasteiger partial charge is 0.494 e. The third kappa shape index (κ3) is 4.57. The molecule has 0 fully saturated rings. The van der Waals surface area contributed by atoms with Crippen molar-refractivity contribution in [3.8, 4) is 5.75 Å². The predicted octanol–water partition coefficient (Wildman–Crippen LogP) is 1.16. The van der Waals surface area contributed by atoms with Gasteiger partial charge >= 0.3 is 0 Å². The zero-order chi connectivity index (χ0) is 15.1. The maximum atomic E-state index is 11.9. The molecule has 2 aromatic rings. The number of amides is 1. The molecule has 7 heteroatoms. The summed E-state index contributed by atoms with van der Waals surface area (Å²) in [5, 5.41) is 10.4. The van der Waals surface area contributed by atoms with Gasteiger partial charge in [-0.1, -0.05) is 12.1 Å². The molecule has 3 N–H and O–H groups in total. The monoisotopic (exact) mass is 289 g/mol. The molecule has 0 aliphatic heterocycles. The van der Waals surface area contributed by atoms with E-state index >= 15 is 0 Å². The van der Waals surface area contributed by atoms with Gasteiger partial charge in [0, 0.05) is 12.2 Å². The van der Waals surface area contributed by atoms with E-state index in [1.165, 1.54) is 4.68 Å². The molecular formula is C14H19N5O2. The first kappa shape index (κ1) is 15.0. The second-order valence-electron chi connectivity index (χ2n) is 4.53. The smallest absolute Gasteiger partial charge is 0.246 e. The van der Waals surface area contributed by atoms with Gasteiger partial charge in [0.1, 0.15) is 12.3 Å². The van der Waals surface area contributed by atoms with E-state index in [1.54, 1.807) is 18.3 Å². The number of benzene rings is 1. The lowest BCUT2D eigenvalue weighted by molar-refractivity contribution is -0.116. The quantitative estimate of drug-likeness (QED) is 0.797. The Balaban J connectivity index is 1.87. The standard InChI is InChI=1S/C14H19N5O2/c1-2-7-21-13-5-3-11(4-6-13)16-14(20)10-19-9-12(8-15)17-18-19/h3-6,9H,2,7-8,10,15H2,1H3,(H,16,20). The van der Waals surface area contributed by atoms with Gasteiger partial charge in [0.2, 0.25) is 5.91 Å². The summed E-state index contributed by atoms with van der Waals surface area (Å²) in [4.78, 5) is 11.9. The Morgan fingerprint density at radius 1 is 1.38 bits per heavy atom. The lowest BCUT2D eigenvalue weighted by Gasteiger charge is -2.07. The van der Waals surface area contributed by atoms with E-state index in [0.29, 0.717) is 24.5 Å². The number of carbonyl (C=O) groups is 1. The van der Waals surface area contributed by atoms with Gasteiger partial charge in [0.05, 0.1) is 18.5 Å². The maximum Gasteiger partial charge on any atom is 0.246 e. The van der Waals surface area contributed by atoms with Crippen LogP contribution >= 0.6 is 0 Å². The van der Waals surface area contributed by atoms with Crippen LogP contribution in [-0.2, 0) is 17.9 Å². The van der Waals surface area contributed by atoms with Gasteiger partial charge in [0.25, 0.3) is 0 Å². The van der Waals surface area contributed by atoms with E-state index < -0.39 is 0 Å². The molecule has 0 bridgehead atoms. The molecule has 7 nitrogen and oxygen atoms in total. The van der Waals surface area contributed by atoms with Crippen LogP contribution in [0.3, 0.4) is 0 Å². The fraction of sp³-hybridized carbons (Fsp3) is 0.357. The third-order valence-corrected chi connectivity index (χ3v) is 2.71. The van der Waals surface area contributed by atoms with Crippen LogP contribution in [0.15, 0.2) is 30.5 Å². The lowest BCUT2D eigenvalue weighted by Crippen LogP contribution is -2.19. The van der Waals surface area contributed by atoms with Crippen molar-refractivity contribution in [2.24, 2.45) is 5.73 Å². The van der Waals surface area contributed by atoms with E-state index in [9.17, 15) is 4.79 Å². The van der Waals surface area contributed by atoms with Gasteiger partial charge in [-0.3, -0.25) is 4.79 Å². The average Bonchev–Trinajstić information content (AvgIpc) is 2.94. The zero-order valence-electron chi connectivity index (χ0n) is 12.0. The molecule has 2 rings (SSSR count). The van der Waals surface area contributed by atoms with Crippen molar-refractivity contribution in [2.45, 2.75) is 26.4 Å². The second kappa shape index (κ2) is 7.39. The number of hydrogen-bond donors (Lipinski definition) is 2. The van der Waals surface area contributed by atoms with Crippen LogP contribution in [0, 0.1) is 0 Å². The summed E-state index contributed by atoms with van der Waals surface area (Å²) in [6.45, 7) is 3.14. The highest BCUT2D eigenvalue weighted by atomic mass is 16.5. The summed E-state index contributed by atoms with van der Waals surface area (Å²) in [5.74, 6) is 0.615. The number of rotatable bonds is 7. The van der Waals surface area contributed by atoms with Crippen molar-refractivity contribution in [3.63, 3.8) is 0 Å². The first-order valence-electron chi connectivity index (χ1n) is 6.83. The Bertz CT molecular complexity index is 579. The minimum atomic E-state index is -0.175. The van der Waals surface area contributed by atoms with Crippen molar-refractivity contribution >= 4 is 11.6 Å². The van der Waals surface area contributed by atoms with Crippen LogP contribution in [0.5, 0.6) is 5.75 Å². The van der Waals surface area contributed by atoms with Crippen molar-refractivity contribution in [2.75, 3.05) is 11.9 Å².